The lowest BCUT2D eigenvalue weighted by atomic mass is 9.99. The summed E-state index contributed by atoms with van der Waals surface area (Å²) in [5.74, 6) is -0.113. The van der Waals surface area contributed by atoms with E-state index in [2.05, 4.69) is 35.1 Å². The van der Waals surface area contributed by atoms with E-state index in [9.17, 15) is 4.39 Å². The fraction of sp³-hybridized carbons (Fsp3) is 0.625. The van der Waals surface area contributed by atoms with Gasteiger partial charge in [-0.15, -0.1) is 0 Å². The highest BCUT2D eigenvalue weighted by molar-refractivity contribution is 9.10. The molecular formula is C16H25BrFN. The van der Waals surface area contributed by atoms with Gasteiger partial charge >= 0.3 is 0 Å². The predicted octanol–water partition coefficient (Wildman–Crippen LogP) is 5.60. The number of hydrogen-bond donors (Lipinski definition) is 1. The first-order valence-electron chi connectivity index (χ1n) is 7.38. The van der Waals surface area contributed by atoms with Gasteiger partial charge in [0.25, 0.3) is 0 Å². The summed E-state index contributed by atoms with van der Waals surface area (Å²) in [6.07, 6.45) is 6.94. The van der Waals surface area contributed by atoms with E-state index in [1.54, 1.807) is 12.1 Å². The molecule has 0 amide bonds. The number of unbranched alkanes of at least 4 members (excludes halogenated alkanes) is 3. The van der Waals surface area contributed by atoms with Gasteiger partial charge in [0.15, 0.2) is 0 Å². The van der Waals surface area contributed by atoms with Crippen LogP contribution in [-0.2, 0) is 0 Å². The molecule has 0 fully saturated rings. The molecule has 1 rings (SSSR count). The zero-order valence-corrected chi connectivity index (χ0v) is 13.6. The van der Waals surface area contributed by atoms with Gasteiger partial charge in [-0.1, -0.05) is 61.5 Å². The van der Waals surface area contributed by atoms with Gasteiger partial charge < -0.3 is 5.32 Å². The zero-order valence-electron chi connectivity index (χ0n) is 12.0. The monoisotopic (exact) mass is 329 g/mol. The smallest absolute Gasteiger partial charge is 0.129 e. The molecule has 0 radical (unpaired) electrons. The average Bonchev–Trinajstić information content (AvgIpc) is 2.39. The standard InChI is InChI=1S/C16H25BrFN/c1-3-5-6-7-11-15(19-12-4-2)16-13(17)9-8-10-14(16)18/h8-10,15,19H,3-7,11-12H2,1-2H3. The van der Waals surface area contributed by atoms with Gasteiger partial charge in [-0.05, 0) is 31.5 Å². The maximum absolute atomic E-state index is 14.0. The minimum Gasteiger partial charge on any atom is -0.310 e. The van der Waals surface area contributed by atoms with Crippen molar-refractivity contribution in [2.45, 2.75) is 58.4 Å². The maximum Gasteiger partial charge on any atom is 0.129 e. The molecule has 0 heterocycles. The molecule has 1 unspecified atom stereocenters. The molecule has 1 atom stereocenters. The van der Waals surface area contributed by atoms with Gasteiger partial charge in [0, 0.05) is 16.1 Å². The van der Waals surface area contributed by atoms with Crippen LogP contribution < -0.4 is 5.32 Å². The highest BCUT2D eigenvalue weighted by Crippen LogP contribution is 2.29. The Bertz CT molecular complexity index is 348. The fourth-order valence-electron chi connectivity index (χ4n) is 2.29. The van der Waals surface area contributed by atoms with E-state index in [1.165, 1.54) is 19.3 Å². The first-order valence-corrected chi connectivity index (χ1v) is 8.17. The molecule has 1 aromatic rings. The summed E-state index contributed by atoms with van der Waals surface area (Å²) in [5, 5.41) is 3.47. The van der Waals surface area contributed by atoms with Crippen LogP contribution in [-0.4, -0.2) is 6.54 Å². The first-order chi connectivity index (χ1) is 9.20. The lowest BCUT2D eigenvalue weighted by Gasteiger charge is -2.21. The Balaban J connectivity index is 2.71. The third-order valence-electron chi connectivity index (χ3n) is 3.34. The van der Waals surface area contributed by atoms with Crippen LogP contribution in [0.5, 0.6) is 0 Å². The maximum atomic E-state index is 14.0. The number of halogens is 2. The van der Waals surface area contributed by atoms with Crippen molar-refractivity contribution in [1.29, 1.82) is 0 Å². The summed E-state index contributed by atoms with van der Waals surface area (Å²) in [5.41, 5.74) is 0.785. The van der Waals surface area contributed by atoms with Crippen LogP contribution in [0.4, 0.5) is 4.39 Å². The molecule has 0 aliphatic carbocycles. The zero-order chi connectivity index (χ0) is 14.1. The molecule has 1 nitrogen and oxygen atoms in total. The molecule has 0 aromatic heterocycles. The highest BCUT2D eigenvalue weighted by atomic mass is 79.9. The van der Waals surface area contributed by atoms with E-state index < -0.39 is 0 Å². The Morgan fingerprint density at radius 1 is 1.16 bits per heavy atom. The molecule has 0 aliphatic heterocycles. The van der Waals surface area contributed by atoms with Gasteiger partial charge in [-0.25, -0.2) is 4.39 Å². The van der Waals surface area contributed by atoms with Crippen LogP contribution in [0.15, 0.2) is 22.7 Å². The number of nitrogens with one attached hydrogen (secondary N) is 1. The van der Waals surface area contributed by atoms with Crippen LogP contribution in [0.2, 0.25) is 0 Å². The van der Waals surface area contributed by atoms with Crippen molar-refractivity contribution in [3.05, 3.63) is 34.1 Å². The lowest BCUT2D eigenvalue weighted by Crippen LogP contribution is -2.23. The van der Waals surface area contributed by atoms with E-state index in [0.717, 1.165) is 35.8 Å². The SMILES string of the molecule is CCCCCCC(NCCC)c1c(F)cccc1Br. The molecule has 0 saturated carbocycles. The van der Waals surface area contributed by atoms with E-state index >= 15 is 0 Å². The van der Waals surface area contributed by atoms with E-state index in [4.69, 9.17) is 0 Å². The summed E-state index contributed by atoms with van der Waals surface area (Å²) in [6.45, 7) is 5.27. The Morgan fingerprint density at radius 3 is 2.58 bits per heavy atom. The summed E-state index contributed by atoms with van der Waals surface area (Å²) in [4.78, 5) is 0. The quantitative estimate of drug-likeness (QED) is 0.581. The minimum absolute atomic E-state index is 0.113. The number of hydrogen-bond acceptors (Lipinski definition) is 1. The van der Waals surface area contributed by atoms with Crippen molar-refractivity contribution >= 4 is 15.9 Å². The van der Waals surface area contributed by atoms with E-state index in [0.29, 0.717) is 0 Å². The van der Waals surface area contributed by atoms with Crippen molar-refractivity contribution in [1.82, 2.24) is 5.32 Å². The van der Waals surface area contributed by atoms with Gasteiger partial charge in [-0.2, -0.15) is 0 Å². The second kappa shape index (κ2) is 9.49. The summed E-state index contributed by atoms with van der Waals surface area (Å²) >= 11 is 3.48. The third kappa shape index (κ3) is 5.62. The Kier molecular flexibility index (Phi) is 8.31. The first kappa shape index (κ1) is 16.6. The summed E-state index contributed by atoms with van der Waals surface area (Å²) in [7, 11) is 0. The van der Waals surface area contributed by atoms with E-state index in [1.807, 2.05) is 6.07 Å². The number of benzene rings is 1. The largest absolute Gasteiger partial charge is 0.310 e. The van der Waals surface area contributed by atoms with Crippen LogP contribution >= 0.6 is 15.9 Å². The van der Waals surface area contributed by atoms with Gasteiger partial charge in [0.05, 0.1) is 0 Å². The molecule has 0 saturated heterocycles. The molecule has 0 aliphatic rings. The van der Waals surface area contributed by atoms with Crippen LogP contribution in [0, 0.1) is 5.82 Å². The van der Waals surface area contributed by atoms with Gasteiger partial charge in [-0.3, -0.25) is 0 Å². The Labute approximate surface area is 125 Å². The van der Waals surface area contributed by atoms with Crippen LogP contribution in [0.1, 0.15) is 64.0 Å². The summed E-state index contributed by atoms with van der Waals surface area (Å²) < 4.78 is 14.9. The molecule has 108 valence electrons. The van der Waals surface area contributed by atoms with Gasteiger partial charge in [0.1, 0.15) is 5.82 Å². The van der Waals surface area contributed by atoms with E-state index in [-0.39, 0.29) is 11.9 Å². The molecule has 0 bridgehead atoms. The topological polar surface area (TPSA) is 12.0 Å². The van der Waals surface area contributed by atoms with Crippen molar-refractivity contribution in [3.63, 3.8) is 0 Å². The minimum atomic E-state index is -0.113. The molecule has 3 heteroatoms. The lowest BCUT2D eigenvalue weighted by molar-refractivity contribution is 0.450. The molecule has 0 spiro atoms. The molecule has 19 heavy (non-hydrogen) atoms. The Morgan fingerprint density at radius 2 is 1.95 bits per heavy atom. The summed E-state index contributed by atoms with van der Waals surface area (Å²) in [6, 6.07) is 5.33. The van der Waals surface area contributed by atoms with Crippen molar-refractivity contribution < 1.29 is 4.39 Å². The average molecular weight is 330 g/mol. The van der Waals surface area contributed by atoms with Crippen LogP contribution in [0.3, 0.4) is 0 Å². The molecule has 1 N–H and O–H groups in total. The number of rotatable bonds is 9. The molecule has 1 aromatic carbocycles. The van der Waals surface area contributed by atoms with Crippen LogP contribution in [0.25, 0.3) is 0 Å². The van der Waals surface area contributed by atoms with Crippen molar-refractivity contribution in [3.8, 4) is 0 Å². The molecular weight excluding hydrogens is 305 g/mol. The predicted molar refractivity (Wildman–Crippen MR) is 83.9 cm³/mol. The van der Waals surface area contributed by atoms with Gasteiger partial charge in [0.2, 0.25) is 0 Å². The fourth-order valence-corrected chi connectivity index (χ4v) is 2.90. The second-order valence-corrected chi connectivity index (χ2v) is 5.85. The highest BCUT2D eigenvalue weighted by Gasteiger charge is 2.17. The third-order valence-corrected chi connectivity index (χ3v) is 4.03. The second-order valence-electron chi connectivity index (χ2n) is 4.99. The normalized spacial score (nSPS) is 12.6. The van der Waals surface area contributed by atoms with Crippen molar-refractivity contribution in [2.75, 3.05) is 6.54 Å². The van der Waals surface area contributed by atoms with Crippen molar-refractivity contribution in [2.24, 2.45) is 0 Å². The Hall–Kier alpha value is -0.410.